The highest BCUT2D eigenvalue weighted by atomic mass is 16.5. The van der Waals surface area contributed by atoms with Gasteiger partial charge in [0.2, 0.25) is 0 Å². The predicted molar refractivity (Wildman–Crippen MR) is 76.0 cm³/mol. The molecule has 0 spiro atoms. The number of carbonyl (C=O) groups excluding carboxylic acids is 1. The Morgan fingerprint density at radius 1 is 1.26 bits per heavy atom. The molecule has 0 saturated carbocycles. The van der Waals surface area contributed by atoms with Crippen LogP contribution in [0.1, 0.15) is 61.6 Å². The topological polar surface area (TPSA) is 70.1 Å². The van der Waals surface area contributed by atoms with Gasteiger partial charge in [-0.05, 0) is 13.3 Å². The molecule has 1 rings (SSSR count). The Bertz CT molecular complexity index is 413. The summed E-state index contributed by atoms with van der Waals surface area (Å²) in [7, 11) is 1.70. The molecule has 5 heteroatoms. The molecular formula is C14H25N3O2. The third kappa shape index (κ3) is 4.58. The van der Waals surface area contributed by atoms with Crippen molar-refractivity contribution in [3.63, 3.8) is 0 Å². The first kappa shape index (κ1) is 15.5. The van der Waals surface area contributed by atoms with Gasteiger partial charge in [-0.1, -0.05) is 39.0 Å². The van der Waals surface area contributed by atoms with E-state index >= 15 is 0 Å². The lowest BCUT2D eigenvalue weighted by molar-refractivity contribution is 0.0486. The van der Waals surface area contributed by atoms with Crippen molar-refractivity contribution in [3.05, 3.63) is 11.4 Å². The number of unbranched alkanes of at least 4 members (excludes halogenated alkanes) is 5. The molecule has 0 saturated heterocycles. The van der Waals surface area contributed by atoms with Gasteiger partial charge < -0.3 is 10.5 Å². The van der Waals surface area contributed by atoms with Crippen molar-refractivity contribution in [3.8, 4) is 0 Å². The summed E-state index contributed by atoms with van der Waals surface area (Å²) in [6.45, 7) is 4.43. The fourth-order valence-electron chi connectivity index (χ4n) is 2.03. The fourth-order valence-corrected chi connectivity index (χ4v) is 2.03. The Labute approximate surface area is 115 Å². The van der Waals surface area contributed by atoms with Crippen LogP contribution in [-0.4, -0.2) is 22.4 Å². The van der Waals surface area contributed by atoms with Gasteiger partial charge in [0.05, 0.1) is 18.0 Å². The van der Waals surface area contributed by atoms with Crippen molar-refractivity contribution >= 4 is 11.7 Å². The molecule has 1 heterocycles. The number of ether oxygens (including phenoxy) is 1. The second-order valence-corrected chi connectivity index (χ2v) is 4.87. The Balaban J connectivity index is 2.28. The lowest BCUT2D eigenvalue weighted by Crippen LogP contribution is -2.13. The summed E-state index contributed by atoms with van der Waals surface area (Å²) in [6, 6.07) is 0. The van der Waals surface area contributed by atoms with Crippen molar-refractivity contribution < 1.29 is 9.53 Å². The van der Waals surface area contributed by atoms with Crippen LogP contribution in [0.4, 0.5) is 5.69 Å². The summed E-state index contributed by atoms with van der Waals surface area (Å²) in [5, 5.41) is 4.10. The maximum atomic E-state index is 11.9. The lowest BCUT2D eigenvalue weighted by atomic mass is 10.1. The monoisotopic (exact) mass is 267 g/mol. The van der Waals surface area contributed by atoms with E-state index in [9.17, 15) is 4.79 Å². The van der Waals surface area contributed by atoms with Gasteiger partial charge in [0.15, 0.2) is 5.69 Å². The smallest absolute Gasteiger partial charge is 0.358 e. The van der Waals surface area contributed by atoms with Gasteiger partial charge in [-0.2, -0.15) is 5.10 Å². The van der Waals surface area contributed by atoms with Gasteiger partial charge in [0.25, 0.3) is 0 Å². The molecule has 0 radical (unpaired) electrons. The Morgan fingerprint density at radius 2 is 1.89 bits per heavy atom. The molecule has 2 N–H and O–H groups in total. The van der Waals surface area contributed by atoms with Gasteiger partial charge in [-0.25, -0.2) is 4.79 Å². The zero-order valence-corrected chi connectivity index (χ0v) is 12.2. The highest BCUT2D eigenvalue weighted by molar-refractivity contribution is 5.93. The molecule has 0 atom stereocenters. The van der Waals surface area contributed by atoms with E-state index in [1.165, 1.54) is 30.4 Å². The predicted octanol–water partition coefficient (Wildman–Crippen LogP) is 2.83. The average molecular weight is 267 g/mol. The largest absolute Gasteiger partial charge is 0.461 e. The number of anilines is 1. The maximum absolute atomic E-state index is 11.9. The van der Waals surface area contributed by atoms with Crippen LogP contribution in [0.5, 0.6) is 0 Å². The molecule has 0 aromatic carbocycles. The van der Waals surface area contributed by atoms with E-state index in [0.717, 1.165) is 12.8 Å². The van der Waals surface area contributed by atoms with Gasteiger partial charge in [0, 0.05) is 7.05 Å². The van der Waals surface area contributed by atoms with Crippen LogP contribution in [0.2, 0.25) is 0 Å². The molecule has 0 bridgehead atoms. The SMILES string of the molecule is CCCCCCCCOC(=O)c1c(N)c(C)nn1C. The van der Waals surface area contributed by atoms with Crippen LogP contribution in [0, 0.1) is 6.92 Å². The highest BCUT2D eigenvalue weighted by Gasteiger charge is 2.18. The summed E-state index contributed by atoms with van der Waals surface area (Å²) >= 11 is 0. The highest BCUT2D eigenvalue weighted by Crippen LogP contribution is 2.16. The molecule has 0 aliphatic carbocycles. The second kappa shape index (κ2) is 7.81. The number of hydrogen-bond acceptors (Lipinski definition) is 4. The number of esters is 1. The first-order chi connectivity index (χ1) is 9.07. The summed E-state index contributed by atoms with van der Waals surface area (Å²) in [5.74, 6) is -0.380. The quantitative estimate of drug-likeness (QED) is 0.581. The zero-order chi connectivity index (χ0) is 14.3. The van der Waals surface area contributed by atoms with E-state index in [4.69, 9.17) is 10.5 Å². The number of carbonyl (C=O) groups is 1. The molecule has 0 aliphatic rings. The Kier molecular flexibility index (Phi) is 6.39. The molecular weight excluding hydrogens is 242 g/mol. The number of rotatable bonds is 8. The summed E-state index contributed by atoms with van der Waals surface area (Å²) < 4.78 is 6.71. The van der Waals surface area contributed by atoms with E-state index in [2.05, 4.69) is 12.0 Å². The molecule has 1 aromatic heterocycles. The molecule has 0 aliphatic heterocycles. The Morgan fingerprint density at radius 3 is 2.47 bits per heavy atom. The zero-order valence-electron chi connectivity index (χ0n) is 12.2. The van der Waals surface area contributed by atoms with E-state index in [-0.39, 0.29) is 5.97 Å². The van der Waals surface area contributed by atoms with E-state index in [1.807, 2.05) is 0 Å². The number of aromatic nitrogens is 2. The number of nitrogens with zero attached hydrogens (tertiary/aromatic N) is 2. The summed E-state index contributed by atoms with van der Waals surface area (Å²) in [5.41, 5.74) is 7.23. The van der Waals surface area contributed by atoms with Crippen molar-refractivity contribution in [2.24, 2.45) is 7.05 Å². The summed E-state index contributed by atoms with van der Waals surface area (Å²) in [4.78, 5) is 11.9. The van der Waals surface area contributed by atoms with Gasteiger partial charge in [-0.3, -0.25) is 4.68 Å². The van der Waals surface area contributed by atoms with Gasteiger partial charge in [-0.15, -0.1) is 0 Å². The van der Waals surface area contributed by atoms with Crippen LogP contribution < -0.4 is 5.73 Å². The van der Waals surface area contributed by atoms with E-state index in [0.29, 0.717) is 23.7 Å². The minimum Gasteiger partial charge on any atom is -0.461 e. The van der Waals surface area contributed by atoms with Crippen LogP contribution in [-0.2, 0) is 11.8 Å². The summed E-state index contributed by atoms with van der Waals surface area (Å²) in [6.07, 6.45) is 7.01. The van der Waals surface area contributed by atoms with E-state index in [1.54, 1.807) is 14.0 Å². The third-order valence-corrected chi connectivity index (χ3v) is 3.19. The normalized spacial score (nSPS) is 10.7. The van der Waals surface area contributed by atoms with E-state index < -0.39 is 0 Å². The number of nitrogen functional groups attached to an aromatic ring is 1. The van der Waals surface area contributed by atoms with Crippen LogP contribution in [0.3, 0.4) is 0 Å². The number of nitrogens with two attached hydrogens (primary N) is 1. The lowest BCUT2D eigenvalue weighted by Gasteiger charge is -2.05. The molecule has 1 aromatic rings. The maximum Gasteiger partial charge on any atom is 0.358 e. The molecule has 0 amide bonds. The number of aryl methyl sites for hydroxylation is 2. The molecule has 108 valence electrons. The van der Waals surface area contributed by atoms with Crippen molar-refractivity contribution in [2.75, 3.05) is 12.3 Å². The van der Waals surface area contributed by atoms with Gasteiger partial charge >= 0.3 is 5.97 Å². The van der Waals surface area contributed by atoms with Gasteiger partial charge in [0.1, 0.15) is 0 Å². The number of hydrogen-bond donors (Lipinski definition) is 1. The minimum atomic E-state index is -0.380. The minimum absolute atomic E-state index is 0.350. The van der Waals surface area contributed by atoms with Crippen molar-refractivity contribution in [1.82, 2.24) is 9.78 Å². The molecule has 19 heavy (non-hydrogen) atoms. The second-order valence-electron chi connectivity index (χ2n) is 4.87. The standard InChI is InChI=1S/C14H25N3O2/c1-4-5-6-7-8-9-10-19-14(18)13-12(15)11(2)16-17(13)3/h4-10,15H2,1-3H3. The van der Waals surface area contributed by atoms with Crippen LogP contribution in [0.25, 0.3) is 0 Å². The third-order valence-electron chi connectivity index (χ3n) is 3.19. The molecule has 0 unspecified atom stereocenters. The first-order valence-electron chi connectivity index (χ1n) is 7.04. The van der Waals surface area contributed by atoms with Crippen molar-refractivity contribution in [2.45, 2.75) is 52.4 Å². The van der Waals surface area contributed by atoms with Crippen molar-refractivity contribution in [1.29, 1.82) is 0 Å². The Hall–Kier alpha value is -1.52. The van der Waals surface area contributed by atoms with Crippen LogP contribution in [0.15, 0.2) is 0 Å². The first-order valence-corrected chi connectivity index (χ1v) is 7.04. The average Bonchev–Trinajstić information content (AvgIpc) is 2.62. The fraction of sp³-hybridized carbons (Fsp3) is 0.714. The molecule has 0 fully saturated rings. The molecule has 5 nitrogen and oxygen atoms in total. The van der Waals surface area contributed by atoms with Crippen LogP contribution >= 0.6 is 0 Å².